The molecule has 24 heavy (non-hydrogen) atoms. The zero-order valence-corrected chi connectivity index (χ0v) is 14.6. The summed E-state index contributed by atoms with van der Waals surface area (Å²) in [6.07, 6.45) is 6.41. The fraction of sp³-hybridized carbons (Fsp3) is 0.611. The molecule has 0 spiro atoms. The fourth-order valence-electron chi connectivity index (χ4n) is 3.92. The van der Waals surface area contributed by atoms with Crippen LogP contribution in [0.2, 0.25) is 0 Å². The van der Waals surface area contributed by atoms with Crippen molar-refractivity contribution in [2.45, 2.75) is 56.6 Å². The third-order valence-corrected chi connectivity index (χ3v) is 7.13. The summed E-state index contributed by atoms with van der Waals surface area (Å²) < 4.78 is 27.7. The van der Waals surface area contributed by atoms with Crippen molar-refractivity contribution in [2.75, 3.05) is 6.54 Å². The van der Waals surface area contributed by atoms with Crippen LogP contribution in [0.1, 0.15) is 48.8 Å². The lowest BCUT2D eigenvalue weighted by Gasteiger charge is -2.23. The number of hydrogen-bond acceptors (Lipinski definition) is 3. The number of aliphatic carboxylic acids is 1. The Kier molecular flexibility index (Phi) is 5.25. The highest BCUT2D eigenvalue weighted by Crippen LogP contribution is 2.28. The Hall–Kier alpha value is -1.40. The minimum Gasteiger partial charge on any atom is -0.481 e. The van der Waals surface area contributed by atoms with E-state index in [1.807, 2.05) is 18.2 Å². The van der Waals surface area contributed by atoms with E-state index < -0.39 is 16.0 Å². The van der Waals surface area contributed by atoms with E-state index >= 15 is 0 Å². The molecule has 0 bridgehead atoms. The van der Waals surface area contributed by atoms with Crippen LogP contribution in [0.15, 0.2) is 18.2 Å². The second-order valence-corrected chi connectivity index (χ2v) is 9.15. The molecule has 1 atom stereocenters. The minimum atomic E-state index is -3.21. The molecule has 1 unspecified atom stereocenters. The summed E-state index contributed by atoms with van der Waals surface area (Å²) in [5, 5.41) is 8.66. The molecule has 1 aromatic rings. The van der Waals surface area contributed by atoms with Gasteiger partial charge in [0.2, 0.25) is 10.0 Å². The number of benzene rings is 1. The van der Waals surface area contributed by atoms with Gasteiger partial charge in [-0.25, -0.2) is 13.1 Å². The number of hydrogen-bond donors (Lipinski definition) is 2. The van der Waals surface area contributed by atoms with E-state index in [4.69, 9.17) is 5.11 Å². The van der Waals surface area contributed by atoms with Gasteiger partial charge >= 0.3 is 5.97 Å². The van der Waals surface area contributed by atoms with E-state index in [0.29, 0.717) is 6.54 Å². The smallest absolute Gasteiger partial charge is 0.307 e. The Morgan fingerprint density at radius 3 is 2.54 bits per heavy atom. The monoisotopic (exact) mass is 351 g/mol. The Balaban J connectivity index is 1.57. The van der Waals surface area contributed by atoms with E-state index in [-0.39, 0.29) is 17.6 Å². The largest absolute Gasteiger partial charge is 0.481 e. The van der Waals surface area contributed by atoms with Gasteiger partial charge in [0.05, 0.1) is 11.7 Å². The summed E-state index contributed by atoms with van der Waals surface area (Å²) in [6.45, 7) is 0.474. The summed E-state index contributed by atoms with van der Waals surface area (Å²) in [7, 11) is -3.21. The lowest BCUT2D eigenvalue weighted by Crippen LogP contribution is -2.38. The lowest BCUT2D eigenvalue weighted by molar-refractivity contribution is -0.136. The predicted molar refractivity (Wildman–Crippen MR) is 92.5 cm³/mol. The predicted octanol–water partition coefficient (Wildman–Crippen LogP) is 2.28. The maximum absolute atomic E-state index is 12.4. The molecule has 6 heteroatoms. The van der Waals surface area contributed by atoms with E-state index in [2.05, 4.69) is 4.72 Å². The van der Waals surface area contributed by atoms with Gasteiger partial charge in [-0.05, 0) is 48.3 Å². The highest BCUT2D eigenvalue weighted by molar-refractivity contribution is 7.90. The van der Waals surface area contributed by atoms with Crippen molar-refractivity contribution < 1.29 is 18.3 Å². The number of carboxylic acid groups (broad SMARTS) is 1. The van der Waals surface area contributed by atoms with Crippen molar-refractivity contribution in [3.05, 3.63) is 34.9 Å². The number of fused-ring (bicyclic) bond motifs is 1. The molecule has 0 aromatic heterocycles. The van der Waals surface area contributed by atoms with Crippen LogP contribution in [0.3, 0.4) is 0 Å². The van der Waals surface area contributed by atoms with Crippen LogP contribution in [0.4, 0.5) is 0 Å². The van der Waals surface area contributed by atoms with Crippen LogP contribution >= 0.6 is 0 Å². The van der Waals surface area contributed by atoms with Crippen molar-refractivity contribution in [2.24, 2.45) is 5.92 Å². The minimum absolute atomic E-state index is 0.0340. The molecular weight excluding hydrogens is 326 g/mol. The van der Waals surface area contributed by atoms with E-state index in [1.165, 1.54) is 5.56 Å². The Morgan fingerprint density at radius 2 is 1.83 bits per heavy atom. The van der Waals surface area contributed by atoms with Crippen LogP contribution in [0.5, 0.6) is 0 Å². The van der Waals surface area contributed by atoms with Gasteiger partial charge in [-0.15, -0.1) is 0 Å². The van der Waals surface area contributed by atoms with E-state index in [0.717, 1.165) is 56.1 Å². The third kappa shape index (κ3) is 4.16. The first-order chi connectivity index (χ1) is 11.4. The number of sulfonamides is 1. The summed E-state index contributed by atoms with van der Waals surface area (Å²) >= 11 is 0. The summed E-state index contributed by atoms with van der Waals surface area (Å²) in [5.41, 5.74) is 3.19. The summed E-state index contributed by atoms with van der Waals surface area (Å²) in [4.78, 5) is 10.8. The Morgan fingerprint density at radius 1 is 1.12 bits per heavy atom. The molecule has 0 aliphatic heterocycles. The second kappa shape index (κ2) is 7.23. The number of rotatable bonds is 6. The zero-order valence-electron chi connectivity index (χ0n) is 13.8. The average molecular weight is 351 g/mol. The highest BCUT2D eigenvalue weighted by atomic mass is 32.2. The molecule has 0 amide bonds. The molecule has 2 aliphatic carbocycles. The van der Waals surface area contributed by atoms with Crippen LogP contribution in [0, 0.1) is 5.92 Å². The molecule has 132 valence electrons. The molecule has 2 N–H and O–H groups in total. The molecule has 1 aromatic carbocycles. The normalized spacial score (nSPS) is 21.6. The van der Waals surface area contributed by atoms with E-state index in [9.17, 15) is 13.2 Å². The van der Waals surface area contributed by atoms with Gasteiger partial charge in [0, 0.05) is 6.54 Å². The maximum Gasteiger partial charge on any atom is 0.307 e. The fourth-order valence-corrected chi connectivity index (χ4v) is 5.58. The van der Waals surface area contributed by atoms with Crippen LogP contribution in [-0.4, -0.2) is 31.3 Å². The van der Waals surface area contributed by atoms with E-state index in [1.54, 1.807) is 0 Å². The molecule has 5 nitrogen and oxygen atoms in total. The van der Waals surface area contributed by atoms with Gasteiger partial charge < -0.3 is 5.11 Å². The van der Waals surface area contributed by atoms with Gasteiger partial charge in [0.1, 0.15) is 0 Å². The second-order valence-electron chi connectivity index (χ2n) is 7.10. The highest BCUT2D eigenvalue weighted by Gasteiger charge is 2.29. The van der Waals surface area contributed by atoms with Gasteiger partial charge in [0.15, 0.2) is 0 Å². The standard InChI is InChI=1S/C18H25NO4S/c20-18(21)11-13-6-7-15-9-14(10-16(15)8-13)12-19-24(22,23)17-4-2-1-3-5-17/h6-8,14,17,19H,1-5,9-12H2,(H,20,21). The van der Waals surface area contributed by atoms with Crippen LogP contribution in [0.25, 0.3) is 0 Å². The number of nitrogens with one attached hydrogen (secondary N) is 1. The van der Waals surface area contributed by atoms with Gasteiger partial charge in [-0.1, -0.05) is 37.5 Å². The zero-order chi connectivity index (χ0) is 17.2. The topological polar surface area (TPSA) is 83.5 Å². The average Bonchev–Trinajstić information content (AvgIpc) is 2.95. The SMILES string of the molecule is O=C(O)Cc1ccc2c(c1)CC(CNS(=O)(=O)C1CCCCC1)C2. The lowest BCUT2D eigenvalue weighted by atomic mass is 10.0. The van der Waals surface area contributed by atoms with Crippen LogP contribution in [-0.2, 0) is 34.1 Å². The molecule has 0 heterocycles. The number of carboxylic acids is 1. The molecule has 1 saturated carbocycles. The number of carbonyl (C=O) groups is 1. The van der Waals surface area contributed by atoms with Gasteiger partial charge in [0.25, 0.3) is 0 Å². The third-order valence-electron chi connectivity index (χ3n) is 5.21. The van der Waals surface area contributed by atoms with Crippen molar-refractivity contribution in [3.8, 4) is 0 Å². The summed E-state index contributed by atoms with van der Waals surface area (Å²) in [6, 6.07) is 5.81. The molecule has 0 saturated heterocycles. The van der Waals surface area contributed by atoms with Crippen molar-refractivity contribution >= 4 is 16.0 Å². The summed E-state index contributed by atoms with van der Waals surface area (Å²) in [5.74, 6) is -0.566. The molecule has 1 fully saturated rings. The molecule has 0 radical (unpaired) electrons. The van der Waals surface area contributed by atoms with Crippen molar-refractivity contribution in [3.63, 3.8) is 0 Å². The Labute approximate surface area is 143 Å². The molecular formula is C18H25NO4S. The van der Waals surface area contributed by atoms with Gasteiger partial charge in [-0.3, -0.25) is 4.79 Å². The van der Waals surface area contributed by atoms with Crippen molar-refractivity contribution in [1.82, 2.24) is 4.72 Å². The Bertz CT molecular complexity index is 708. The first-order valence-electron chi connectivity index (χ1n) is 8.75. The first kappa shape index (κ1) is 17.4. The van der Waals surface area contributed by atoms with Gasteiger partial charge in [-0.2, -0.15) is 0 Å². The van der Waals surface area contributed by atoms with Crippen molar-refractivity contribution in [1.29, 1.82) is 0 Å². The molecule has 3 rings (SSSR count). The molecule has 2 aliphatic rings. The quantitative estimate of drug-likeness (QED) is 0.824. The van der Waals surface area contributed by atoms with Crippen LogP contribution < -0.4 is 4.72 Å². The maximum atomic E-state index is 12.4. The first-order valence-corrected chi connectivity index (χ1v) is 10.3.